The number of anilines is 1. The lowest BCUT2D eigenvalue weighted by Crippen LogP contribution is -2.39. The van der Waals surface area contributed by atoms with Gasteiger partial charge in [-0.3, -0.25) is 4.79 Å². The first-order valence-corrected chi connectivity index (χ1v) is 7.10. The Hall–Kier alpha value is -1.58. The van der Waals surface area contributed by atoms with Crippen LogP contribution in [0.3, 0.4) is 0 Å². The number of carbonyl (C=O) groups is 1. The molecule has 104 valence electrons. The number of nitrogens with two attached hydrogens (primary N) is 1. The molecule has 19 heavy (non-hydrogen) atoms. The van der Waals surface area contributed by atoms with Gasteiger partial charge in [0.05, 0.1) is 0 Å². The van der Waals surface area contributed by atoms with Gasteiger partial charge in [0, 0.05) is 24.8 Å². The number of nitrogens with zero attached hydrogens (tertiary/aromatic N) is 2. The van der Waals surface area contributed by atoms with Crippen molar-refractivity contribution in [1.29, 1.82) is 0 Å². The third kappa shape index (κ3) is 3.25. The highest BCUT2D eigenvalue weighted by molar-refractivity contribution is 5.94. The lowest BCUT2D eigenvalue weighted by Gasteiger charge is -2.34. The molecule has 4 heteroatoms. The minimum Gasteiger partial charge on any atom is -0.384 e. The molecule has 0 unspecified atom stereocenters. The highest BCUT2D eigenvalue weighted by Crippen LogP contribution is 2.29. The lowest BCUT2D eigenvalue weighted by molar-refractivity contribution is 0.0674. The molecule has 1 aliphatic carbocycles. The van der Waals surface area contributed by atoms with Crippen molar-refractivity contribution in [2.24, 2.45) is 5.92 Å². The molecule has 2 N–H and O–H groups in total. The molecule has 1 aromatic rings. The van der Waals surface area contributed by atoms with Gasteiger partial charge in [-0.15, -0.1) is 0 Å². The van der Waals surface area contributed by atoms with Crippen LogP contribution in [0.2, 0.25) is 0 Å². The average molecular weight is 261 g/mol. The van der Waals surface area contributed by atoms with Crippen LogP contribution in [0.1, 0.15) is 49.4 Å². The predicted octanol–water partition coefficient (Wildman–Crippen LogP) is 2.70. The molecule has 2 rings (SSSR count). The quantitative estimate of drug-likeness (QED) is 0.910. The summed E-state index contributed by atoms with van der Waals surface area (Å²) in [5.74, 6) is 1.29. The predicted molar refractivity (Wildman–Crippen MR) is 76.8 cm³/mol. The van der Waals surface area contributed by atoms with Gasteiger partial charge >= 0.3 is 0 Å². The maximum absolute atomic E-state index is 12.4. The van der Waals surface area contributed by atoms with E-state index >= 15 is 0 Å². The molecule has 1 aliphatic rings. The van der Waals surface area contributed by atoms with E-state index < -0.39 is 0 Å². The molecule has 1 fully saturated rings. The Labute approximate surface area is 115 Å². The number of pyridine rings is 1. The summed E-state index contributed by atoms with van der Waals surface area (Å²) < 4.78 is 0. The van der Waals surface area contributed by atoms with E-state index in [0.29, 0.717) is 17.4 Å². The van der Waals surface area contributed by atoms with Gasteiger partial charge in [-0.1, -0.05) is 13.3 Å². The van der Waals surface area contributed by atoms with Crippen LogP contribution >= 0.6 is 0 Å². The minimum atomic E-state index is 0.0500. The minimum absolute atomic E-state index is 0.0500. The van der Waals surface area contributed by atoms with E-state index in [2.05, 4.69) is 11.9 Å². The van der Waals surface area contributed by atoms with Crippen molar-refractivity contribution >= 4 is 11.7 Å². The Bertz CT molecular complexity index is 439. The molecule has 1 aromatic heterocycles. The van der Waals surface area contributed by atoms with Crippen LogP contribution < -0.4 is 5.73 Å². The van der Waals surface area contributed by atoms with Crippen molar-refractivity contribution in [3.8, 4) is 0 Å². The highest BCUT2D eigenvalue weighted by atomic mass is 16.2. The Balaban J connectivity index is 2.00. The topological polar surface area (TPSA) is 59.2 Å². The molecule has 1 amide bonds. The molecule has 0 bridgehead atoms. The summed E-state index contributed by atoms with van der Waals surface area (Å²) in [4.78, 5) is 18.2. The molecule has 0 spiro atoms. The van der Waals surface area contributed by atoms with Crippen LogP contribution in [0, 0.1) is 5.92 Å². The first-order chi connectivity index (χ1) is 9.11. The van der Waals surface area contributed by atoms with Crippen LogP contribution in [0.4, 0.5) is 5.82 Å². The van der Waals surface area contributed by atoms with Gasteiger partial charge in [0.15, 0.2) is 0 Å². The third-order valence-corrected chi connectivity index (χ3v) is 4.29. The Morgan fingerprint density at radius 1 is 1.42 bits per heavy atom. The number of rotatable bonds is 3. The second kappa shape index (κ2) is 6.04. The monoisotopic (exact) mass is 261 g/mol. The van der Waals surface area contributed by atoms with E-state index in [1.165, 1.54) is 19.3 Å². The molecular weight excluding hydrogens is 238 g/mol. The second-order valence-electron chi connectivity index (χ2n) is 5.47. The van der Waals surface area contributed by atoms with Gasteiger partial charge in [0.2, 0.25) is 0 Å². The number of hydrogen-bond donors (Lipinski definition) is 1. The highest BCUT2D eigenvalue weighted by Gasteiger charge is 2.26. The van der Waals surface area contributed by atoms with Crippen molar-refractivity contribution < 1.29 is 4.79 Å². The summed E-state index contributed by atoms with van der Waals surface area (Å²) in [6.07, 6.45) is 7.53. The fourth-order valence-electron chi connectivity index (χ4n) is 2.89. The van der Waals surface area contributed by atoms with Crippen molar-refractivity contribution in [3.05, 3.63) is 23.9 Å². The standard InChI is InChI=1S/C15H23N3O/c1-3-11-4-6-13(7-5-11)18(2)15(19)12-8-9-17-14(16)10-12/h8-11,13H,3-7H2,1-2H3,(H2,16,17). The van der Waals surface area contributed by atoms with Gasteiger partial charge in [0.1, 0.15) is 5.82 Å². The Kier molecular flexibility index (Phi) is 4.40. The first kappa shape index (κ1) is 13.8. The smallest absolute Gasteiger partial charge is 0.254 e. The summed E-state index contributed by atoms with van der Waals surface area (Å²) in [5.41, 5.74) is 6.26. The Morgan fingerprint density at radius 3 is 2.68 bits per heavy atom. The van der Waals surface area contributed by atoms with Crippen LogP contribution in [-0.2, 0) is 0 Å². The molecular formula is C15H23N3O. The number of carbonyl (C=O) groups excluding carboxylic acids is 1. The van der Waals surface area contributed by atoms with E-state index in [4.69, 9.17) is 5.73 Å². The number of amides is 1. The van der Waals surface area contributed by atoms with E-state index in [9.17, 15) is 4.79 Å². The summed E-state index contributed by atoms with van der Waals surface area (Å²) >= 11 is 0. The molecule has 0 saturated heterocycles. The Morgan fingerprint density at radius 2 is 2.11 bits per heavy atom. The van der Waals surface area contributed by atoms with Gasteiger partial charge in [-0.25, -0.2) is 4.98 Å². The summed E-state index contributed by atoms with van der Waals surface area (Å²) in [6, 6.07) is 3.74. The maximum atomic E-state index is 12.4. The summed E-state index contributed by atoms with van der Waals surface area (Å²) in [6.45, 7) is 2.25. The van der Waals surface area contributed by atoms with Crippen LogP contribution in [-0.4, -0.2) is 28.9 Å². The van der Waals surface area contributed by atoms with Crippen molar-refractivity contribution in [2.45, 2.75) is 45.1 Å². The molecule has 0 aliphatic heterocycles. The van der Waals surface area contributed by atoms with Gasteiger partial charge in [0.25, 0.3) is 5.91 Å². The van der Waals surface area contributed by atoms with E-state index in [1.807, 2.05) is 11.9 Å². The fourth-order valence-corrected chi connectivity index (χ4v) is 2.89. The van der Waals surface area contributed by atoms with Gasteiger partial charge in [-0.05, 0) is 43.7 Å². The SMILES string of the molecule is CCC1CCC(N(C)C(=O)c2ccnc(N)c2)CC1. The fraction of sp³-hybridized carbons (Fsp3) is 0.600. The van der Waals surface area contributed by atoms with Crippen molar-refractivity contribution in [1.82, 2.24) is 9.88 Å². The number of aromatic nitrogens is 1. The van der Waals surface area contributed by atoms with E-state index in [-0.39, 0.29) is 5.91 Å². The van der Waals surface area contributed by atoms with E-state index in [1.54, 1.807) is 18.3 Å². The molecule has 0 atom stereocenters. The van der Waals surface area contributed by atoms with Crippen LogP contribution in [0.25, 0.3) is 0 Å². The lowest BCUT2D eigenvalue weighted by atomic mass is 9.84. The zero-order valence-electron chi connectivity index (χ0n) is 11.8. The van der Waals surface area contributed by atoms with Crippen LogP contribution in [0.15, 0.2) is 18.3 Å². The van der Waals surface area contributed by atoms with Crippen molar-refractivity contribution in [3.63, 3.8) is 0 Å². The average Bonchev–Trinajstić information content (AvgIpc) is 2.46. The van der Waals surface area contributed by atoms with Crippen molar-refractivity contribution in [2.75, 3.05) is 12.8 Å². The zero-order valence-corrected chi connectivity index (χ0v) is 11.8. The molecule has 0 aromatic carbocycles. The number of nitrogen functional groups attached to an aromatic ring is 1. The molecule has 1 heterocycles. The van der Waals surface area contributed by atoms with Crippen LogP contribution in [0.5, 0.6) is 0 Å². The first-order valence-electron chi connectivity index (χ1n) is 7.10. The summed E-state index contributed by atoms with van der Waals surface area (Å²) in [5, 5.41) is 0. The van der Waals surface area contributed by atoms with Gasteiger partial charge < -0.3 is 10.6 Å². The second-order valence-corrected chi connectivity index (χ2v) is 5.47. The largest absolute Gasteiger partial charge is 0.384 e. The molecule has 1 saturated carbocycles. The molecule has 0 radical (unpaired) electrons. The molecule has 4 nitrogen and oxygen atoms in total. The van der Waals surface area contributed by atoms with Gasteiger partial charge in [-0.2, -0.15) is 0 Å². The zero-order chi connectivity index (χ0) is 13.8. The number of hydrogen-bond acceptors (Lipinski definition) is 3. The maximum Gasteiger partial charge on any atom is 0.254 e. The third-order valence-electron chi connectivity index (χ3n) is 4.29. The summed E-state index contributed by atoms with van der Waals surface area (Å²) in [7, 11) is 1.90. The van der Waals surface area contributed by atoms with E-state index in [0.717, 1.165) is 18.8 Å². The normalized spacial score (nSPS) is 23.1.